The monoisotopic (exact) mass is 448 g/mol. The summed E-state index contributed by atoms with van der Waals surface area (Å²) in [4.78, 5) is 14.7. The molecule has 2 aromatic carbocycles. The number of nitrogens with zero attached hydrogens (tertiary/aromatic N) is 2. The summed E-state index contributed by atoms with van der Waals surface area (Å²) < 4.78 is 47.2. The second-order valence-corrected chi connectivity index (χ2v) is 9.87. The van der Waals surface area contributed by atoms with E-state index in [2.05, 4.69) is 0 Å². The number of piperazine rings is 1. The van der Waals surface area contributed by atoms with Gasteiger partial charge in [0.05, 0.1) is 12.0 Å². The SMILES string of the molecule is COc1ccc(C(=O)N2CCN(S(=O)(=O)c3c(C)c(C)c(C)c(C)c3C)CC2)cc1F. The van der Waals surface area contributed by atoms with Crippen molar-refractivity contribution < 1.29 is 22.3 Å². The molecule has 8 heteroatoms. The molecular formula is C23H29FN2O4S. The lowest BCUT2D eigenvalue weighted by Gasteiger charge is -2.35. The first-order chi connectivity index (χ1) is 14.5. The van der Waals surface area contributed by atoms with Gasteiger partial charge in [0.25, 0.3) is 5.91 Å². The number of amides is 1. The van der Waals surface area contributed by atoms with Crippen LogP contribution in [0.4, 0.5) is 4.39 Å². The van der Waals surface area contributed by atoms with Gasteiger partial charge >= 0.3 is 0 Å². The smallest absolute Gasteiger partial charge is 0.254 e. The molecule has 3 rings (SSSR count). The molecule has 6 nitrogen and oxygen atoms in total. The predicted molar refractivity (Wildman–Crippen MR) is 118 cm³/mol. The number of benzene rings is 2. The molecule has 0 radical (unpaired) electrons. The Morgan fingerprint density at radius 1 is 0.903 bits per heavy atom. The summed E-state index contributed by atoms with van der Waals surface area (Å²) >= 11 is 0. The van der Waals surface area contributed by atoms with Gasteiger partial charge in [0.1, 0.15) is 0 Å². The minimum Gasteiger partial charge on any atom is -0.494 e. The molecule has 1 heterocycles. The number of ether oxygens (including phenoxy) is 1. The van der Waals surface area contributed by atoms with Crippen LogP contribution >= 0.6 is 0 Å². The Morgan fingerprint density at radius 3 is 1.90 bits per heavy atom. The summed E-state index contributed by atoms with van der Waals surface area (Å²) in [5.74, 6) is -0.861. The Hall–Kier alpha value is -2.45. The quantitative estimate of drug-likeness (QED) is 0.718. The number of halogens is 1. The first-order valence-electron chi connectivity index (χ1n) is 10.2. The van der Waals surface area contributed by atoms with Crippen molar-refractivity contribution in [2.75, 3.05) is 33.3 Å². The fourth-order valence-electron chi connectivity index (χ4n) is 4.10. The lowest BCUT2D eigenvalue weighted by Crippen LogP contribution is -2.50. The number of sulfonamides is 1. The van der Waals surface area contributed by atoms with E-state index in [1.807, 2.05) is 34.6 Å². The molecule has 2 aromatic rings. The molecule has 0 aromatic heterocycles. The van der Waals surface area contributed by atoms with Gasteiger partial charge in [-0.1, -0.05) is 0 Å². The molecule has 1 saturated heterocycles. The molecule has 0 saturated carbocycles. The third kappa shape index (κ3) is 4.06. The summed E-state index contributed by atoms with van der Waals surface area (Å²) in [7, 11) is -2.33. The Kier molecular flexibility index (Phi) is 6.43. The summed E-state index contributed by atoms with van der Waals surface area (Å²) in [6.07, 6.45) is 0. The number of methoxy groups -OCH3 is 1. The molecule has 0 bridgehead atoms. The average molecular weight is 449 g/mol. The lowest BCUT2D eigenvalue weighted by molar-refractivity contribution is 0.0697. The molecular weight excluding hydrogens is 419 g/mol. The van der Waals surface area contributed by atoms with Gasteiger partial charge in [-0.2, -0.15) is 4.31 Å². The van der Waals surface area contributed by atoms with Gasteiger partial charge in [-0.05, 0) is 80.6 Å². The summed E-state index contributed by atoms with van der Waals surface area (Å²) in [5, 5.41) is 0. The van der Waals surface area contributed by atoms with Crippen molar-refractivity contribution in [1.82, 2.24) is 9.21 Å². The van der Waals surface area contributed by atoms with Crippen molar-refractivity contribution in [1.29, 1.82) is 0 Å². The van der Waals surface area contributed by atoms with Gasteiger partial charge in [-0.25, -0.2) is 12.8 Å². The Morgan fingerprint density at radius 2 is 1.42 bits per heavy atom. The van der Waals surface area contributed by atoms with E-state index in [1.54, 1.807) is 4.90 Å². The number of hydrogen-bond donors (Lipinski definition) is 0. The molecule has 0 spiro atoms. The van der Waals surface area contributed by atoms with Crippen LogP contribution in [0.15, 0.2) is 23.1 Å². The molecule has 1 aliphatic rings. The molecule has 1 amide bonds. The molecule has 1 fully saturated rings. The van der Waals surface area contributed by atoms with Gasteiger partial charge in [0, 0.05) is 31.7 Å². The Bertz CT molecular complexity index is 1110. The van der Waals surface area contributed by atoms with Crippen LogP contribution in [-0.2, 0) is 10.0 Å². The van der Waals surface area contributed by atoms with Crippen molar-refractivity contribution >= 4 is 15.9 Å². The van der Waals surface area contributed by atoms with Gasteiger partial charge in [-0.3, -0.25) is 4.79 Å². The summed E-state index contributed by atoms with van der Waals surface area (Å²) in [5.41, 5.74) is 4.83. The van der Waals surface area contributed by atoms with Gasteiger partial charge in [0.15, 0.2) is 11.6 Å². The maximum absolute atomic E-state index is 14.0. The zero-order chi connectivity index (χ0) is 23.1. The minimum absolute atomic E-state index is 0.0712. The second kappa shape index (κ2) is 8.59. The number of rotatable bonds is 4. The molecule has 0 atom stereocenters. The Labute approximate surface area is 183 Å². The van der Waals surface area contributed by atoms with Crippen LogP contribution in [0.25, 0.3) is 0 Å². The maximum Gasteiger partial charge on any atom is 0.254 e. The van der Waals surface area contributed by atoms with Gasteiger partial charge in [-0.15, -0.1) is 0 Å². The third-order valence-electron chi connectivity index (χ3n) is 6.45. The lowest BCUT2D eigenvalue weighted by atomic mass is 9.95. The third-order valence-corrected chi connectivity index (χ3v) is 8.63. The average Bonchev–Trinajstić information content (AvgIpc) is 2.75. The fraction of sp³-hybridized carbons (Fsp3) is 0.435. The van der Waals surface area contributed by atoms with Gasteiger partial charge < -0.3 is 9.64 Å². The molecule has 31 heavy (non-hydrogen) atoms. The van der Waals surface area contributed by atoms with Crippen LogP contribution in [0, 0.1) is 40.4 Å². The van der Waals surface area contributed by atoms with Crippen LogP contribution in [0.2, 0.25) is 0 Å². The topological polar surface area (TPSA) is 66.9 Å². The first-order valence-corrected chi connectivity index (χ1v) is 11.6. The van der Waals surface area contributed by atoms with Crippen LogP contribution in [0.1, 0.15) is 38.2 Å². The van der Waals surface area contributed by atoms with E-state index in [4.69, 9.17) is 4.74 Å². The molecule has 0 unspecified atom stereocenters. The van der Waals surface area contributed by atoms with Crippen molar-refractivity contribution in [3.63, 3.8) is 0 Å². The standard InChI is InChI=1S/C23H29FN2O4S/c1-14-15(2)17(4)22(18(5)16(14)3)31(28,29)26-11-9-25(10-12-26)23(27)19-7-8-21(30-6)20(24)13-19/h7-8,13H,9-12H2,1-6H3. The molecule has 0 N–H and O–H groups in total. The van der Waals surface area contributed by atoms with Crippen molar-refractivity contribution in [2.24, 2.45) is 0 Å². The van der Waals surface area contributed by atoms with E-state index < -0.39 is 15.8 Å². The van der Waals surface area contributed by atoms with Crippen LogP contribution in [0.5, 0.6) is 5.75 Å². The van der Waals surface area contributed by atoms with E-state index in [1.165, 1.54) is 23.5 Å². The number of carbonyl (C=O) groups is 1. The summed E-state index contributed by atoms with van der Waals surface area (Å²) in [6, 6.07) is 4.07. The maximum atomic E-state index is 14.0. The second-order valence-electron chi connectivity index (χ2n) is 8.00. The predicted octanol–water partition coefficient (Wildman–Crippen LogP) is 3.52. The van der Waals surface area contributed by atoms with Crippen LogP contribution in [0.3, 0.4) is 0 Å². The molecule has 1 aliphatic heterocycles. The molecule has 0 aliphatic carbocycles. The minimum atomic E-state index is -3.70. The van der Waals surface area contributed by atoms with Crippen LogP contribution in [-0.4, -0.2) is 56.8 Å². The Balaban J connectivity index is 1.81. The zero-order valence-electron chi connectivity index (χ0n) is 18.9. The largest absolute Gasteiger partial charge is 0.494 e. The molecule has 168 valence electrons. The summed E-state index contributed by atoms with van der Waals surface area (Å²) in [6.45, 7) is 10.5. The first kappa shape index (κ1) is 23.2. The van der Waals surface area contributed by atoms with Gasteiger partial charge in [0.2, 0.25) is 10.0 Å². The zero-order valence-corrected chi connectivity index (χ0v) is 19.7. The van der Waals surface area contributed by atoms with Crippen molar-refractivity contribution in [3.8, 4) is 5.75 Å². The van der Waals surface area contributed by atoms with Crippen LogP contribution < -0.4 is 4.74 Å². The van der Waals surface area contributed by atoms with E-state index >= 15 is 0 Å². The fourth-order valence-corrected chi connectivity index (χ4v) is 6.08. The van der Waals surface area contributed by atoms with Crippen molar-refractivity contribution in [3.05, 3.63) is 57.4 Å². The highest BCUT2D eigenvalue weighted by atomic mass is 32.2. The highest BCUT2D eigenvalue weighted by Crippen LogP contribution is 2.32. The number of hydrogen-bond acceptors (Lipinski definition) is 4. The highest BCUT2D eigenvalue weighted by Gasteiger charge is 2.33. The highest BCUT2D eigenvalue weighted by molar-refractivity contribution is 7.89. The normalized spacial score (nSPS) is 15.3. The van der Waals surface area contributed by atoms with E-state index in [-0.39, 0.29) is 43.4 Å². The number of carbonyl (C=O) groups excluding carboxylic acids is 1. The van der Waals surface area contributed by atoms with Crippen molar-refractivity contribution in [2.45, 2.75) is 39.5 Å². The van der Waals surface area contributed by atoms with E-state index in [9.17, 15) is 17.6 Å². The van der Waals surface area contributed by atoms with E-state index in [0.29, 0.717) is 4.90 Å². The van der Waals surface area contributed by atoms with E-state index in [0.717, 1.165) is 33.9 Å².